The Labute approximate surface area is 128 Å². The summed E-state index contributed by atoms with van der Waals surface area (Å²) in [5.74, 6) is 0.639. The average molecular weight is 354 g/mol. The minimum absolute atomic E-state index is 0.178. The second-order valence-electron chi connectivity index (χ2n) is 3.99. The molecule has 110 valence electrons. The van der Waals surface area contributed by atoms with Crippen molar-refractivity contribution in [3.63, 3.8) is 0 Å². The first-order chi connectivity index (χ1) is 10.0. The van der Waals surface area contributed by atoms with Crippen LogP contribution in [-0.2, 0) is 0 Å². The number of carbonyl (C=O) groups excluding carboxylic acids is 1. The highest BCUT2D eigenvalue weighted by Crippen LogP contribution is 2.29. The van der Waals surface area contributed by atoms with Crippen LogP contribution in [0.4, 0.5) is 5.69 Å². The van der Waals surface area contributed by atoms with Crippen LogP contribution in [0.3, 0.4) is 0 Å². The fourth-order valence-corrected chi connectivity index (χ4v) is 1.96. The van der Waals surface area contributed by atoms with E-state index in [0.717, 1.165) is 6.26 Å². The normalized spacial score (nSPS) is 10.0. The lowest BCUT2D eigenvalue weighted by atomic mass is 10.2. The third-order valence-electron chi connectivity index (χ3n) is 2.69. The highest BCUT2D eigenvalue weighted by atomic mass is 79.9. The number of hydrogen-bond acceptors (Lipinski definition) is 5. The van der Waals surface area contributed by atoms with E-state index >= 15 is 0 Å². The molecule has 1 amide bonds. The second kappa shape index (κ2) is 6.45. The summed E-state index contributed by atoms with van der Waals surface area (Å²) in [7, 11) is 3.03. The number of carbonyl (C=O) groups is 1. The molecule has 0 aliphatic rings. The molecule has 0 saturated heterocycles. The molecule has 1 heterocycles. The van der Waals surface area contributed by atoms with Crippen LogP contribution in [0.1, 0.15) is 10.4 Å². The molecule has 0 atom stereocenters. The van der Waals surface area contributed by atoms with Gasteiger partial charge in [-0.1, -0.05) is 0 Å². The van der Waals surface area contributed by atoms with Gasteiger partial charge < -0.3 is 19.2 Å². The van der Waals surface area contributed by atoms with E-state index in [1.807, 2.05) is 0 Å². The van der Waals surface area contributed by atoms with Gasteiger partial charge in [0.1, 0.15) is 22.2 Å². The van der Waals surface area contributed by atoms with E-state index in [4.69, 9.17) is 13.9 Å². The van der Waals surface area contributed by atoms with E-state index in [2.05, 4.69) is 21.2 Å². The van der Waals surface area contributed by atoms with Crippen molar-refractivity contribution in [1.29, 1.82) is 0 Å². The molecule has 2 rings (SSSR count). The molecule has 0 bridgehead atoms. The number of rotatable bonds is 4. The first-order valence-electron chi connectivity index (χ1n) is 5.87. The minimum atomic E-state index is -0.548. The number of amides is 1. The van der Waals surface area contributed by atoms with Crippen LogP contribution in [-0.4, -0.2) is 20.1 Å². The maximum absolute atomic E-state index is 12.1. The number of halogens is 1. The molecule has 0 radical (unpaired) electrons. The van der Waals surface area contributed by atoms with Gasteiger partial charge in [0.25, 0.3) is 5.91 Å². The largest absolute Gasteiger partial charge is 0.497 e. The number of ether oxygens (including phenoxy) is 2. The Balaban J connectivity index is 2.26. The highest BCUT2D eigenvalue weighted by molar-refractivity contribution is 9.10. The van der Waals surface area contributed by atoms with Crippen molar-refractivity contribution < 1.29 is 18.7 Å². The van der Waals surface area contributed by atoms with E-state index in [-0.39, 0.29) is 10.0 Å². The lowest BCUT2D eigenvalue weighted by Crippen LogP contribution is -2.14. The van der Waals surface area contributed by atoms with E-state index in [1.54, 1.807) is 18.2 Å². The summed E-state index contributed by atoms with van der Waals surface area (Å²) in [4.78, 5) is 23.3. The Morgan fingerprint density at radius 1 is 1.24 bits per heavy atom. The predicted octanol–water partition coefficient (Wildman–Crippen LogP) is 2.67. The molecule has 0 unspecified atom stereocenters. The Morgan fingerprint density at radius 2 is 2.00 bits per heavy atom. The fourth-order valence-electron chi connectivity index (χ4n) is 1.62. The monoisotopic (exact) mass is 353 g/mol. The Kier molecular flexibility index (Phi) is 4.64. The van der Waals surface area contributed by atoms with Gasteiger partial charge in [-0.15, -0.1) is 0 Å². The fraction of sp³-hybridized carbons (Fsp3) is 0.143. The molecule has 0 fully saturated rings. The molecule has 1 aromatic heterocycles. The summed E-state index contributed by atoms with van der Waals surface area (Å²) in [6.07, 6.45) is 1.10. The average Bonchev–Trinajstić information content (AvgIpc) is 2.50. The van der Waals surface area contributed by atoms with Crippen LogP contribution < -0.4 is 20.4 Å². The van der Waals surface area contributed by atoms with Gasteiger partial charge in [0.2, 0.25) is 0 Å². The van der Waals surface area contributed by atoms with Gasteiger partial charge in [-0.25, -0.2) is 4.79 Å². The van der Waals surface area contributed by atoms with Crippen LogP contribution >= 0.6 is 15.9 Å². The maximum atomic E-state index is 12.1. The van der Waals surface area contributed by atoms with Gasteiger partial charge in [-0.3, -0.25) is 4.79 Å². The predicted molar refractivity (Wildman–Crippen MR) is 80.2 cm³/mol. The topological polar surface area (TPSA) is 77.8 Å². The van der Waals surface area contributed by atoms with Gasteiger partial charge >= 0.3 is 5.63 Å². The Bertz CT molecular complexity index is 726. The lowest BCUT2D eigenvalue weighted by molar-refractivity contribution is 0.102. The van der Waals surface area contributed by atoms with Gasteiger partial charge in [0, 0.05) is 6.07 Å². The van der Waals surface area contributed by atoms with Gasteiger partial charge in [-0.2, -0.15) is 0 Å². The molecule has 0 aliphatic heterocycles. The van der Waals surface area contributed by atoms with E-state index < -0.39 is 11.5 Å². The number of nitrogens with one attached hydrogen (secondary N) is 1. The van der Waals surface area contributed by atoms with Crippen LogP contribution in [0.5, 0.6) is 11.5 Å². The van der Waals surface area contributed by atoms with Gasteiger partial charge in [0.15, 0.2) is 0 Å². The van der Waals surface area contributed by atoms with E-state index in [0.29, 0.717) is 17.2 Å². The summed E-state index contributed by atoms with van der Waals surface area (Å²) in [5, 5.41) is 2.67. The third-order valence-corrected chi connectivity index (χ3v) is 3.24. The number of anilines is 1. The van der Waals surface area contributed by atoms with Gasteiger partial charge in [-0.05, 0) is 34.1 Å². The second-order valence-corrected chi connectivity index (χ2v) is 4.85. The van der Waals surface area contributed by atoms with Crippen molar-refractivity contribution in [3.05, 3.63) is 51.0 Å². The molecular weight excluding hydrogens is 342 g/mol. The standard InChI is InChI=1S/C14H12BrNO5/c1-19-9-3-4-11(12(6-9)20-2)16-13(17)8-5-10(15)14(18)21-7-8/h3-7H,1-2H3,(H,16,17). The van der Waals surface area contributed by atoms with Crippen molar-refractivity contribution in [2.24, 2.45) is 0 Å². The summed E-state index contributed by atoms with van der Waals surface area (Å²) < 4.78 is 15.2. The SMILES string of the molecule is COc1ccc(NC(=O)c2coc(=O)c(Br)c2)c(OC)c1. The van der Waals surface area contributed by atoms with Crippen molar-refractivity contribution in [2.45, 2.75) is 0 Å². The van der Waals surface area contributed by atoms with Crippen LogP contribution in [0, 0.1) is 0 Å². The molecule has 0 aliphatic carbocycles. The molecule has 6 nitrogen and oxygen atoms in total. The third kappa shape index (κ3) is 3.43. The number of hydrogen-bond donors (Lipinski definition) is 1. The van der Waals surface area contributed by atoms with Crippen molar-refractivity contribution >= 4 is 27.5 Å². The van der Waals surface area contributed by atoms with E-state index in [9.17, 15) is 9.59 Å². The van der Waals surface area contributed by atoms with Crippen molar-refractivity contribution in [3.8, 4) is 11.5 Å². The molecule has 21 heavy (non-hydrogen) atoms. The molecule has 1 N–H and O–H groups in total. The Morgan fingerprint density at radius 3 is 2.62 bits per heavy atom. The summed E-state index contributed by atoms with van der Waals surface area (Å²) in [6, 6.07) is 6.39. The molecule has 7 heteroatoms. The quantitative estimate of drug-likeness (QED) is 0.914. The molecule has 2 aromatic rings. The number of benzene rings is 1. The number of methoxy groups -OCH3 is 2. The van der Waals surface area contributed by atoms with Crippen molar-refractivity contribution in [1.82, 2.24) is 0 Å². The molecule has 0 saturated carbocycles. The highest BCUT2D eigenvalue weighted by Gasteiger charge is 2.13. The molecular formula is C14H12BrNO5. The zero-order chi connectivity index (χ0) is 15.4. The summed E-state index contributed by atoms with van der Waals surface area (Å²) >= 11 is 3.02. The van der Waals surface area contributed by atoms with Crippen molar-refractivity contribution in [2.75, 3.05) is 19.5 Å². The zero-order valence-corrected chi connectivity index (χ0v) is 12.9. The lowest BCUT2D eigenvalue weighted by Gasteiger charge is -2.11. The zero-order valence-electron chi connectivity index (χ0n) is 11.3. The van der Waals surface area contributed by atoms with Gasteiger partial charge in [0.05, 0.1) is 25.5 Å². The summed E-state index contributed by atoms with van der Waals surface area (Å²) in [5.41, 5.74) is 0.138. The first-order valence-corrected chi connectivity index (χ1v) is 6.66. The Hall–Kier alpha value is -2.28. The smallest absolute Gasteiger partial charge is 0.350 e. The van der Waals surface area contributed by atoms with Crippen LogP contribution in [0.2, 0.25) is 0 Å². The maximum Gasteiger partial charge on any atom is 0.350 e. The first kappa shape index (κ1) is 15.1. The molecule has 1 aromatic carbocycles. The minimum Gasteiger partial charge on any atom is -0.497 e. The summed E-state index contributed by atoms with van der Waals surface area (Å²) in [6.45, 7) is 0. The molecule has 0 spiro atoms. The van der Waals surface area contributed by atoms with Crippen LogP contribution in [0.15, 0.2) is 44.2 Å². The van der Waals surface area contributed by atoms with E-state index in [1.165, 1.54) is 20.3 Å². The van der Waals surface area contributed by atoms with Crippen LogP contribution in [0.25, 0.3) is 0 Å².